The number of phenolic OH excluding ortho intramolecular Hbond substituents is 3. The SMILES string of the molecule is Oc1cc2c(c3c(O)c4ccccc4c(O)c13)=NC1(CCN(Cc3ccccc3)C1)N=2. The third-order valence-electron chi connectivity index (χ3n) is 6.37. The van der Waals surface area contributed by atoms with E-state index in [1.54, 1.807) is 30.3 Å². The van der Waals surface area contributed by atoms with E-state index in [2.05, 4.69) is 17.0 Å². The predicted octanol–water partition coefficient (Wildman–Crippen LogP) is 2.96. The number of phenols is 3. The minimum absolute atomic E-state index is 0.00527. The highest BCUT2D eigenvalue weighted by Gasteiger charge is 2.40. The fourth-order valence-electron chi connectivity index (χ4n) is 4.95. The first-order valence-electron chi connectivity index (χ1n) is 10.4. The van der Waals surface area contributed by atoms with Gasteiger partial charge in [0, 0.05) is 42.9 Å². The Morgan fingerprint density at radius 3 is 2.26 bits per heavy atom. The molecule has 2 aliphatic rings. The first kappa shape index (κ1) is 18.2. The summed E-state index contributed by atoms with van der Waals surface area (Å²) in [4.78, 5) is 12.2. The third-order valence-corrected chi connectivity index (χ3v) is 6.37. The Bertz CT molecular complexity index is 1480. The summed E-state index contributed by atoms with van der Waals surface area (Å²) in [6, 6.07) is 18.9. The Balaban J connectivity index is 1.51. The molecule has 1 atom stereocenters. The standard InChI is InChI=1S/C25H21N3O3/c29-19-12-18-22(21-20(19)23(30)16-8-4-5-9-17(16)24(21)31)27-25(26-18)10-11-28(14-25)13-15-6-2-1-3-7-15/h1-9,12,29-31H,10-11,13-14H2. The van der Waals surface area contributed by atoms with Crippen LogP contribution >= 0.6 is 0 Å². The lowest BCUT2D eigenvalue weighted by Gasteiger charge is -2.19. The molecule has 31 heavy (non-hydrogen) atoms. The Morgan fingerprint density at radius 1 is 0.839 bits per heavy atom. The van der Waals surface area contributed by atoms with Crippen LogP contribution in [0.25, 0.3) is 21.5 Å². The lowest BCUT2D eigenvalue weighted by atomic mass is 9.99. The number of rotatable bonds is 2. The highest BCUT2D eigenvalue weighted by Crippen LogP contribution is 2.43. The van der Waals surface area contributed by atoms with Crippen molar-refractivity contribution in [2.24, 2.45) is 9.98 Å². The summed E-state index contributed by atoms with van der Waals surface area (Å²) in [5.74, 6) is -0.162. The molecule has 154 valence electrons. The molecule has 0 aliphatic carbocycles. The summed E-state index contributed by atoms with van der Waals surface area (Å²) < 4.78 is 0. The van der Waals surface area contributed by atoms with Crippen LogP contribution in [0.2, 0.25) is 0 Å². The zero-order chi connectivity index (χ0) is 21.2. The van der Waals surface area contributed by atoms with Gasteiger partial charge in [0.2, 0.25) is 0 Å². The fraction of sp³-hybridized carbons (Fsp3) is 0.200. The topological polar surface area (TPSA) is 88.6 Å². The van der Waals surface area contributed by atoms with E-state index >= 15 is 0 Å². The average Bonchev–Trinajstić information content (AvgIpc) is 3.33. The number of hydrogen-bond acceptors (Lipinski definition) is 6. The van der Waals surface area contributed by atoms with Crippen molar-refractivity contribution in [3.63, 3.8) is 0 Å². The van der Waals surface area contributed by atoms with E-state index in [-0.39, 0.29) is 22.6 Å². The van der Waals surface area contributed by atoms with E-state index in [0.29, 0.717) is 33.4 Å². The van der Waals surface area contributed by atoms with Crippen LogP contribution in [0.3, 0.4) is 0 Å². The highest BCUT2D eigenvalue weighted by molar-refractivity contribution is 6.12. The summed E-state index contributed by atoms with van der Waals surface area (Å²) in [7, 11) is 0. The van der Waals surface area contributed by atoms with Gasteiger partial charge in [-0.2, -0.15) is 0 Å². The van der Waals surface area contributed by atoms with Gasteiger partial charge in [-0.25, -0.2) is 0 Å². The van der Waals surface area contributed by atoms with Gasteiger partial charge in [0.25, 0.3) is 0 Å². The zero-order valence-corrected chi connectivity index (χ0v) is 16.8. The average molecular weight is 411 g/mol. The van der Waals surface area contributed by atoms with Crippen molar-refractivity contribution in [2.75, 3.05) is 13.1 Å². The summed E-state index contributed by atoms with van der Waals surface area (Å²) in [5.41, 5.74) is 0.609. The van der Waals surface area contributed by atoms with Gasteiger partial charge in [0.15, 0.2) is 5.66 Å². The van der Waals surface area contributed by atoms with Gasteiger partial charge in [-0.1, -0.05) is 54.6 Å². The van der Waals surface area contributed by atoms with Crippen molar-refractivity contribution in [1.82, 2.24) is 4.90 Å². The van der Waals surface area contributed by atoms with Gasteiger partial charge >= 0.3 is 0 Å². The molecule has 0 bridgehead atoms. The van der Waals surface area contributed by atoms with Crippen molar-refractivity contribution in [3.8, 4) is 17.2 Å². The van der Waals surface area contributed by atoms with Crippen LogP contribution < -0.4 is 10.7 Å². The molecule has 1 fully saturated rings. The van der Waals surface area contributed by atoms with Gasteiger partial charge in [-0.05, 0) is 5.56 Å². The lowest BCUT2D eigenvalue weighted by molar-refractivity contribution is 0.306. The Hall–Kier alpha value is -3.64. The molecule has 0 aromatic heterocycles. The second kappa shape index (κ2) is 6.43. The van der Waals surface area contributed by atoms with Crippen molar-refractivity contribution in [2.45, 2.75) is 18.6 Å². The van der Waals surface area contributed by atoms with Crippen molar-refractivity contribution in [1.29, 1.82) is 0 Å². The molecule has 6 nitrogen and oxygen atoms in total. The Kier molecular flexibility index (Phi) is 3.76. The predicted molar refractivity (Wildman–Crippen MR) is 118 cm³/mol. The largest absolute Gasteiger partial charge is 0.507 e. The molecule has 6 rings (SSSR count). The van der Waals surface area contributed by atoms with E-state index in [1.165, 1.54) is 5.56 Å². The maximum absolute atomic E-state index is 11.1. The molecule has 2 aliphatic heterocycles. The van der Waals surface area contributed by atoms with Crippen molar-refractivity contribution < 1.29 is 15.3 Å². The summed E-state index contributed by atoms with van der Waals surface area (Å²) in [6.07, 6.45) is 0.761. The van der Waals surface area contributed by atoms with E-state index < -0.39 is 5.66 Å². The van der Waals surface area contributed by atoms with Gasteiger partial charge < -0.3 is 15.3 Å². The minimum Gasteiger partial charge on any atom is -0.507 e. The molecular formula is C25H21N3O3. The minimum atomic E-state index is -0.633. The number of nitrogens with zero attached hydrogens (tertiary/aromatic N) is 3. The van der Waals surface area contributed by atoms with Gasteiger partial charge in [-0.15, -0.1) is 0 Å². The van der Waals surface area contributed by atoms with Crippen LogP contribution in [0.15, 0.2) is 70.6 Å². The van der Waals surface area contributed by atoms with Crippen LogP contribution in [-0.4, -0.2) is 39.0 Å². The second-order valence-electron chi connectivity index (χ2n) is 8.41. The normalized spacial score (nSPS) is 20.3. The molecule has 0 radical (unpaired) electrons. The Labute approximate surface area is 178 Å². The van der Waals surface area contributed by atoms with Crippen LogP contribution in [0.1, 0.15) is 12.0 Å². The first-order valence-corrected chi connectivity index (χ1v) is 10.4. The van der Waals surface area contributed by atoms with Crippen molar-refractivity contribution in [3.05, 3.63) is 76.9 Å². The number of likely N-dealkylation sites (tertiary alicyclic amines) is 1. The van der Waals surface area contributed by atoms with Crippen LogP contribution in [0, 0.1) is 0 Å². The number of fused-ring (bicyclic) bond motifs is 4. The molecule has 1 saturated heterocycles. The first-order chi connectivity index (χ1) is 15.0. The fourth-order valence-corrected chi connectivity index (χ4v) is 4.95. The van der Waals surface area contributed by atoms with Gasteiger partial charge in [-0.3, -0.25) is 14.9 Å². The zero-order valence-electron chi connectivity index (χ0n) is 16.8. The molecule has 0 saturated carbocycles. The molecule has 3 N–H and O–H groups in total. The number of benzene rings is 4. The van der Waals surface area contributed by atoms with Crippen LogP contribution in [0.4, 0.5) is 0 Å². The highest BCUT2D eigenvalue weighted by atomic mass is 16.3. The van der Waals surface area contributed by atoms with E-state index in [4.69, 9.17) is 9.98 Å². The maximum atomic E-state index is 11.1. The molecule has 0 amide bonds. The second-order valence-corrected chi connectivity index (χ2v) is 8.41. The Morgan fingerprint density at radius 2 is 1.52 bits per heavy atom. The molecular weight excluding hydrogens is 390 g/mol. The molecule has 6 heteroatoms. The lowest BCUT2D eigenvalue weighted by Crippen LogP contribution is -2.29. The van der Waals surface area contributed by atoms with E-state index in [9.17, 15) is 15.3 Å². The molecule has 1 spiro atoms. The number of aromatic hydroxyl groups is 3. The van der Waals surface area contributed by atoms with Gasteiger partial charge in [0.1, 0.15) is 17.2 Å². The molecule has 4 aromatic carbocycles. The number of hydrogen-bond donors (Lipinski definition) is 3. The summed E-state index contributed by atoms with van der Waals surface area (Å²) >= 11 is 0. The summed E-state index contributed by atoms with van der Waals surface area (Å²) in [6.45, 7) is 2.35. The molecule has 2 heterocycles. The molecule has 4 aromatic rings. The monoisotopic (exact) mass is 411 g/mol. The maximum Gasteiger partial charge on any atom is 0.165 e. The quantitative estimate of drug-likeness (QED) is 0.350. The van der Waals surface area contributed by atoms with Gasteiger partial charge in [0.05, 0.1) is 21.5 Å². The third kappa shape index (κ3) is 2.68. The van der Waals surface area contributed by atoms with Crippen LogP contribution in [0.5, 0.6) is 17.2 Å². The van der Waals surface area contributed by atoms with Crippen molar-refractivity contribution >= 4 is 21.5 Å². The van der Waals surface area contributed by atoms with E-state index in [0.717, 1.165) is 19.5 Å². The smallest absolute Gasteiger partial charge is 0.165 e. The summed E-state index contributed by atoms with van der Waals surface area (Å²) in [5, 5.41) is 35.3. The molecule has 1 unspecified atom stereocenters. The van der Waals surface area contributed by atoms with E-state index in [1.807, 2.05) is 18.2 Å². The van der Waals surface area contributed by atoms with Crippen LogP contribution in [-0.2, 0) is 6.54 Å².